The minimum absolute atomic E-state index is 0.0668. The molecule has 0 aliphatic carbocycles. The molecule has 0 fully saturated rings. The molecule has 1 N–H and O–H groups in total. The van der Waals surface area contributed by atoms with Gasteiger partial charge >= 0.3 is 6.18 Å². The molecule has 1 rings (SSSR count). The van der Waals surface area contributed by atoms with Crippen LogP contribution in [0.4, 0.5) is 13.2 Å². The van der Waals surface area contributed by atoms with E-state index in [2.05, 4.69) is 0 Å². The van der Waals surface area contributed by atoms with Crippen molar-refractivity contribution in [2.24, 2.45) is 0 Å². The van der Waals surface area contributed by atoms with E-state index >= 15 is 0 Å². The smallest absolute Gasteiger partial charge is 0.405 e. The van der Waals surface area contributed by atoms with Gasteiger partial charge in [0.1, 0.15) is 12.3 Å². The summed E-state index contributed by atoms with van der Waals surface area (Å²) in [4.78, 5) is 10.8. The van der Waals surface area contributed by atoms with Gasteiger partial charge in [-0.3, -0.25) is 4.79 Å². The van der Waals surface area contributed by atoms with Crippen LogP contribution in [-0.4, -0.2) is 33.7 Å². The van der Waals surface area contributed by atoms with E-state index in [4.69, 9.17) is 27.0 Å². The second-order valence-electron chi connectivity index (χ2n) is 3.71. The second-order valence-corrected chi connectivity index (χ2v) is 6.68. The number of nitrogens with one attached hydrogen (secondary N) is 1. The van der Waals surface area contributed by atoms with Crippen molar-refractivity contribution in [2.75, 3.05) is 13.2 Å². The molecule has 0 aliphatic heterocycles. The maximum atomic E-state index is 11.9. The Morgan fingerprint density at radius 3 is 2.43 bits per heavy atom. The van der Waals surface area contributed by atoms with Crippen LogP contribution in [0.25, 0.3) is 0 Å². The van der Waals surface area contributed by atoms with Gasteiger partial charge in [0, 0.05) is 10.7 Å². The minimum atomic E-state index is -4.52. The molecule has 0 radical (unpaired) electrons. The molecule has 0 aliphatic rings. The van der Waals surface area contributed by atoms with Gasteiger partial charge < -0.3 is 10.1 Å². The first-order chi connectivity index (χ1) is 9.49. The summed E-state index contributed by atoms with van der Waals surface area (Å²) in [6, 6.07) is 3.21. The van der Waals surface area contributed by atoms with E-state index in [-0.39, 0.29) is 15.7 Å². The maximum absolute atomic E-state index is 11.9. The number of hydrogen-bond donors (Lipinski definition) is 1. The first kappa shape index (κ1) is 17.9. The number of benzene rings is 1. The molecule has 0 spiro atoms. The lowest BCUT2D eigenvalue weighted by atomic mass is 10.3. The Morgan fingerprint density at radius 1 is 1.33 bits per heavy atom. The van der Waals surface area contributed by atoms with E-state index in [0.717, 1.165) is 18.2 Å². The van der Waals surface area contributed by atoms with E-state index < -0.39 is 34.3 Å². The predicted molar refractivity (Wildman–Crippen MR) is 69.1 cm³/mol. The SMILES string of the molecule is O=C(COc1ccc(S(=O)(=O)Cl)cc1Cl)NCC(F)(F)F. The van der Waals surface area contributed by atoms with E-state index in [0.29, 0.717) is 0 Å². The fourth-order valence-electron chi connectivity index (χ4n) is 1.14. The lowest BCUT2D eigenvalue weighted by Crippen LogP contribution is -2.36. The van der Waals surface area contributed by atoms with Gasteiger partial charge in [0.15, 0.2) is 6.61 Å². The third kappa shape index (κ3) is 6.40. The van der Waals surface area contributed by atoms with E-state index in [1.807, 2.05) is 0 Å². The van der Waals surface area contributed by atoms with Gasteiger partial charge in [-0.2, -0.15) is 13.2 Å². The molecule has 1 aromatic carbocycles. The standard InChI is InChI=1S/C10H8Cl2F3NO4S/c11-7-3-6(21(12,18)19)1-2-8(7)20-4-9(17)16-5-10(13,14)15/h1-3H,4-5H2,(H,16,17). The van der Waals surface area contributed by atoms with Crippen molar-refractivity contribution in [3.63, 3.8) is 0 Å². The Morgan fingerprint density at radius 2 is 1.95 bits per heavy atom. The van der Waals surface area contributed by atoms with E-state index in [1.54, 1.807) is 5.32 Å². The lowest BCUT2D eigenvalue weighted by molar-refractivity contribution is -0.139. The molecule has 0 saturated carbocycles. The van der Waals surface area contributed by atoms with Crippen LogP contribution in [0.5, 0.6) is 5.75 Å². The number of alkyl halides is 3. The summed E-state index contributed by atoms with van der Waals surface area (Å²) in [7, 11) is 1.13. The first-order valence-electron chi connectivity index (χ1n) is 5.19. The molecule has 0 unspecified atom stereocenters. The summed E-state index contributed by atoms with van der Waals surface area (Å²) < 4.78 is 62.5. The largest absolute Gasteiger partial charge is 0.482 e. The van der Waals surface area contributed by atoms with Crippen molar-refractivity contribution in [3.8, 4) is 5.75 Å². The van der Waals surface area contributed by atoms with Crippen LogP contribution in [-0.2, 0) is 13.8 Å². The van der Waals surface area contributed by atoms with Crippen molar-refractivity contribution < 1.29 is 31.1 Å². The molecule has 21 heavy (non-hydrogen) atoms. The Kier molecular flexibility index (Phi) is 5.71. The van der Waals surface area contributed by atoms with Gasteiger partial charge in [-0.25, -0.2) is 8.42 Å². The Labute approximate surface area is 127 Å². The predicted octanol–water partition coefficient (Wildman–Crippen LogP) is 2.32. The number of carbonyl (C=O) groups excluding carboxylic acids is 1. The third-order valence-electron chi connectivity index (χ3n) is 2.03. The zero-order valence-corrected chi connectivity index (χ0v) is 12.4. The Balaban J connectivity index is 2.63. The lowest BCUT2D eigenvalue weighted by Gasteiger charge is -2.10. The summed E-state index contributed by atoms with van der Waals surface area (Å²) in [6.45, 7) is -2.19. The third-order valence-corrected chi connectivity index (χ3v) is 3.68. The Bertz CT molecular complexity index is 634. The summed E-state index contributed by atoms with van der Waals surface area (Å²) in [5.41, 5.74) is 0. The molecule has 118 valence electrons. The molecule has 0 atom stereocenters. The van der Waals surface area contributed by atoms with Crippen LogP contribution in [0.2, 0.25) is 5.02 Å². The number of amides is 1. The highest BCUT2D eigenvalue weighted by molar-refractivity contribution is 8.13. The molecule has 11 heteroatoms. The maximum Gasteiger partial charge on any atom is 0.405 e. The number of halogens is 5. The van der Waals surface area contributed by atoms with Crippen LogP contribution < -0.4 is 10.1 Å². The second kappa shape index (κ2) is 6.71. The zero-order valence-electron chi connectivity index (χ0n) is 10.1. The normalized spacial score (nSPS) is 12.0. The minimum Gasteiger partial charge on any atom is -0.482 e. The summed E-state index contributed by atoms with van der Waals surface area (Å²) in [5.74, 6) is -1.07. The van der Waals surface area contributed by atoms with E-state index in [1.165, 1.54) is 0 Å². The zero-order chi connectivity index (χ0) is 16.3. The molecule has 0 heterocycles. The quantitative estimate of drug-likeness (QED) is 0.812. The molecule has 1 amide bonds. The average Bonchev–Trinajstić information content (AvgIpc) is 2.32. The molecule has 0 aromatic heterocycles. The van der Waals surface area contributed by atoms with Crippen LogP contribution in [0, 0.1) is 0 Å². The summed E-state index contributed by atoms with van der Waals surface area (Å²) >= 11 is 5.71. The Hall–Kier alpha value is -1.19. The molecule has 1 aromatic rings. The highest BCUT2D eigenvalue weighted by atomic mass is 35.7. The first-order valence-corrected chi connectivity index (χ1v) is 7.88. The van der Waals surface area contributed by atoms with Crippen LogP contribution >= 0.6 is 22.3 Å². The highest BCUT2D eigenvalue weighted by Crippen LogP contribution is 2.28. The topological polar surface area (TPSA) is 72.5 Å². The number of carbonyl (C=O) groups is 1. The van der Waals surface area contributed by atoms with Gasteiger partial charge in [0.25, 0.3) is 15.0 Å². The van der Waals surface area contributed by atoms with Gasteiger partial charge in [-0.05, 0) is 18.2 Å². The number of ether oxygens (including phenoxy) is 1. The number of rotatable bonds is 5. The fraction of sp³-hybridized carbons (Fsp3) is 0.300. The van der Waals surface area contributed by atoms with Gasteiger partial charge in [-0.1, -0.05) is 11.6 Å². The highest BCUT2D eigenvalue weighted by Gasteiger charge is 2.27. The monoisotopic (exact) mass is 365 g/mol. The molecule has 0 bridgehead atoms. The molecular formula is C10H8Cl2F3NO4S. The van der Waals surface area contributed by atoms with Crippen molar-refractivity contribution in [3.05, 3.63) is 23.2 Å². The molecule has 5 nitrogen and oxygen atoms in total. The van der Waals surface area contributed by atoms with Gasteiger partial charge in [0.2, 0.25) is 0 Å². The van der Waals surface area contributed by atoms with Crippen molar-refractivity contribution >= 4 is 37.2 Å². The van der Waals surface area contributed by atoms with Crippen LogP contribution in [0.3, 0.4) is 0 Å². The summed E-state index contributed by atoms with van der Waals surface area (Å²) in [5, 5.41) is 1.45. The fourth-order valence-corrected chi connectivity index (χ4v) is 2.22. The van der Waals surface area contributed by atoms with Crippen molar-refractivity contribution in [2.45, 2.75) is 11.1 Å². The van der Waals surface area contributed by atoms with Crippen molar-refractivity contribution in [1.82, 2.24) is 5.32 Å². The molecular weight excluding hydrogens is 358 g/mol. The van der Waals surface area contributed by atoms with Crippen molar-refractivity contribution in [1.29, 1.82) is 0 Å². The molecule has 0 saturated heterocycles. The van der Waals surface area contributed by atoms with Crippen LogP contribution in [0.15, 0.2) is 23.1 Å². The summed E-state index contributed by atoms with van der Waals surface area (Å²) in [6.07, 6.45) is -4.52. The van der Waals surface area contributed by atoms with Crippen LogP contribution in [0.1, 0.15) is 0 Å². The number of hydrogen-bond acceptors (Lipinski definition) is 4. The van der Waals surface area contributed by atoms with Gasteiger partial charge in [-0.15, -0.1) is 0 Å². The average molecular weight is 366 g/mol. The van der Waals surface area contributed by atoms with E-state index in [9.17, 15) is 26.4 Å². The van der Waals surface area contributed by atoms with Gasteiger partial charge in [0.05, 0.1) is 9.92 Å².